The number of rotatable bonds is 2. The summed E-state index contributed by atoms with van der Waals surface area (Å²) in [5.74, 6) is -0.402. The highest BCUT2D eigenvalue weighted by Gasteiger charge is 2.08. The fourth-order valence-corrected chi connectivity index (χ4v) is 0.752. The summed E-state index contributed by atoms with van der Waals surface area (Å²) in [6, 6.07) is 1.69. The van der Waals surface area contributed by atoms with Crippen molar-refractivity contribution < 1.29 is 9.53 Å². The molecule has 0 aliphatic heterocycles. The predicted octanol–water partition coefficient (Wildman–Crippen LogP) is 1.18. The molecule has 5 heteroatoms. The number of hydrogen-bond donors (Lipinski definition) is 1. The molecule has 0 amide bonds. The smallest absolute Gasteiger partial charge is 0.358 e. The Morgan fingerprint density at radius 1 is 1.75 bits per heavy atom. The molecule has 0 saturated carbocycles. The van der Waals surface area contributed by atoms with Gasteiger partial charge in [-0.1, -0.05) is 6.92 Å². The summed E-state index contributed by atoms with van der Waals surface area (Å²) in [5.41, 5.74) is 1.27. The molecule has 0 aliphatic carbocycles. The highest BCUT2D eigenvalue weighted by Crippen LogP contribution is 2.00. The van der Waals surface area contributed by atoms with Crippen LogP contribution in [-0.4, -0.2) is 23.3 Å². The average molecular weight is 191 g/mol. The van der Waals surface area contributed by atoms with Gasteiger partial charge < -0.3 is 4.74 Å². The number of ether oxygens (including phenoxy) is 1. The number of carbonyl (C=O) groups excluding carboxylic acids is 1. The summed E-state index contributed by atoms with van der Waals surface area (Å²) in [6.45, 7) is 1.98. The van der Waals surface area contributed by atoms with Gasteiger partial charge in [0.25, 0.3) is 0 Å². The monoisotopic (exact) mass is 190 g/mol. The first kappa shape index (κ1) is 11.0. The van der Waals surface area contributed by atoms with Gasteiger partial charge in [0.15, 0.2) is 5.69 Å². The standard InChI is InChI=1S/C7H10N2O2.ClH/c1-3-5-4-6(9-8-5)7(10)11-2;/h4H,3H2,1-2H3,(H,8,9);1H. The first-order chi connectivity index (χ1) is 5.27. The van der Waals surface area contributed by atoms with E-state index in [9.17, 15) is 4.79 Å². The molecule has 0 bridgehead atoms. The van der Waals surface area contributed by atoms with Gasteiger partial charge in [0.1, 0.15) is 0 Å². The maximum absolute atomic E-state index is 10.8. The lowest BCUT2D eigenvalue weighted by atomic mass is 10.3. The third-order valence-corrected chi connectivity index (χ3v) is 1.41. The van der Waals surface area contributed by atoms with E-state index in [4.69, 9.17) is 0 Å². The minimum atomic E-state index is -0.402. The molecular formula is C7H11ClN2O2. The number of carbonyl (C=O) groups is 1. The van der Waals surface area contributed by atoms with Crippen LogP contribution in [0.4, 0.5) is 0 Å². The van der Waals surface area contributed by atoms with E-state index in [0.29, 0.717) is 5.69 Å². The van der Waals surface area contributed by atoms with Crippen LogP contribution in [0.5, 0.6) is 0 Å². The van der Waals surface area contributed by atoms with Crippen LogP contribution >= 0.6 is 12.4 Å². The Morgan fingerprint density at radius 3 is 2.83 bits per heavy atom. The largest absolute Gasteiger partial charge is 0.464 e. The summed E-state index contributed by atoms with van der Waals surface area (Å²) in [5, 5.41) is 6.48. The Kier molecular flexibility index (Phi) is 4.36. The molecule has 0 aromatic carbocycles. The highest BCUT2D eigenvalue weighted by molar-refractivity contribution is 5.87. The quantitative estimate of drug-likeness (QED) is 0.713. The van der Waals surface area contributed by atoms with Crippen LogP contribution < -0.4 is 0 Å². The second kappa shape index (κ2) is 4.77. The molecule has 1 aromatic heterocycles. The summed E-state index contributed by atoms with van der Waals surface area (Å²) in [7, 11) is 1.34. The Morgan fingerprint density at radius 2 is 2.42 bits per heavy atom. The molecule has 4 nitrogen and oxygen atoms in total. The van der Waals surface area contributed by atoms with Crippen LogP contribution in [-0.2, 0) is 11.2 Å². The number of esters is 1. The second-order valence-corrected chi connectivity index (χ2v) is 2.12. The molecule has 1 rings (SSSR count). The Hall–Kier alpha value is -1.03. The van der Waals surface area contributed by atoms with Crippen molar-refractivity contribution in [3.05, 3.63) is 17.5 Å². The number of methoxy groups -OCH3 is 1. The van der Waals surface area contributed by atoms with E-state index in [1.807, 2.05) is 6.92 Å². The Balaban J connectivity index is 0.00000121. The van der Waals surface area contributed by atoms with E-state index >= 15 is 0 Å². The molecule has 68 valence electrons. The summed E-state index contributed by atoms with van der Waals surface area (Å²) < 4.78 is 4.47. The van der Waals surface area contributed by atoms with Crippen LogP contribution in [0.3, 0.4) is 0 Å². The van der Waals surface area contributed by atoms with E-state index in [2.05, 4.69) is 14.9 Å². The minimum absolute atomic E-state index is 0. The molecule has 0 spiro atoms. The third-order valence-electron chi connectivity index (χ3n) is 1.41. The second-order valence-electron chi connectivity index (χ2n) is 2.12. The van der Waals surface area contributed by atoms with Gasteiger partial charge >= 0.3 is 5.97 Å². The van der Waals surface area contributed by atoms with Gasteiger partial charge in [-0.2, -0.15) is 5.10 Å². The fourth-order valence-electron chi connectivity index (χ4n) is 0.752. The van der Waals surface area contributed by atoms with Crippen LogP contribution in [0, 0.1) is 0 Å². The van der Waals surface area contributed by atoms with Crippen LogP contribution in [0.2, 0.25) is 0 Å². The van der Waals surface area contributed by atoms with Crippen LogP contribution in [0.1, 0.15) is 23.1 Å². The number of aryl methyl sites for hydroxylation is 1. The lowest BCUT2D eigenvalue weighted by Gasteiger charge is -1.89. The van der Waals surface area contributed by atoms with Gasteiger partial charge in [-0.25, -0.2) is 4.79 Å². The van der Waals surface area contributed by atoms with Crippen molar-refractivity contribution in [1.82, 2.24) is 10.2 Å². The van der Waals surface area contributed by atoms with Gasteiger partial charge in [-0.15, -0.1) is 12.4 Å². The van der Waals surface area contributed by atoms with Crippen molar-refractivity contribution in [2.75, 3.05) is 7.11 Å². The van der Waals surface area contributed by atoms with Crippen LogP contribution in [0.25, 0.3) is 0 Å². The van der Waals surface area contributed by atoms with Gasteiger partial charge in [0.2, 0.25) is 0 Å². The molecule has 0 fully saturated rings. The van der Waals surface area contributed by atoms with Crippen LogP contribution in [0.15, 0.2) is 6.07 Å². The molecule has 0 atom stereocenters. The third kappa shape index (κ3) is 2.23. The van der Waals surface area contributed by atoms with E-state index in [-0.39, 0.29) is 12.4 Å². The predicted molar refractivity (Wildman–Crippen MR) is 46.6 cm³/mol. The Labute approximate surface area is 76.7 Å². The van der Waals surface area contributed by atoms with Crippen molar-refractivity contribution in [1.29, 1.82) is 0 Å². The van der Waals surface area contributed by atoms with Gasteiger partial charge in [0, 0.05) is 5.69 Å². The molecule has 1 aromatic rings. The van der Waals surface area contributed by atoms with Crippen molar-refractivity contribution in [2.24, 2.45) is 0 Å². The summed E-state index contributed by atoms with van der Waals surface area (Å²) >= 11 is 0. The van der Waals surface area contributed by atoms with Gasteiger partial charge in [-0.05, 0) is 12.5 Å². The average Bonchev–Trinajstić information content (AvgIpc) is 2.50. The Bertz CT molecular complexity index is 260. The number of nitrogens with zero attached hydrogens (tertiary/aromatic N) is 1. The van der Waals surface area contributed by atoms with Gasteiger partial charge in [0.05, 0.1) is 7.11 Å². The molecule has 0 aliphatic rings. The maximum atomic E-state index is 10.8. The SMILES string of the molecule is CCc1cc(C(=O)OC)n[nH]1.Cl. The molecule has 12 heavy (non-hydrogen) atoms. The van der Waals surface area contributed by atoms with E-state index < -0.39 is 5.97 Å². The summed E-state index contributed by atoms with van der Waals surface area (Å²) in [4.78, 5) is 10.8. The number of aromatic amines is 1. The lowest BCUT2D eigenvalue weighted by Crippen LogP contribution is -2.00. The molecule has 1 N–H and O–H groups in total. The first-order valence-electron chi connectivity index (χ1n) is 3.40. The minimum Gasteiger partial charge on any atom is -0.464 e. The highest BCUT2D eigenvalue weighted by atomic mass is 35.5. The van der Waals surface area contributed by atoms with E-state index in [1.165, 1.54) is 7.11 Å². The van der Waals surface area contributed by atoms with Crippen molar-refractivity contribution in [3.63, 3.8) is 0 Å². The van der Waals surface area contributed by atoms with Crippen molar-refractivity contribution >= 4 is 18.4 Å². The normalized spacial score (nSPS) is 8.83. The first-order valence-corrected chi connectivity index (χ1v) is 3.40. The molecule has 0 saturated heterocycles. The fraction of sp³-hybridized carbons (Fsp3) is 0.429. The topological polar surface area (TPSA) is 55.0 Å². The number of nitrogens with one attached hydrogen (secondary N) is 1. The zero-order valence-corrected chi connectivity index (χ0v) is 7.77. The zero-order valence-electron chi connectivity index (χ0n) is 6.96. The van der Waals surface area contributed by atoms with Gasteiger partial charge in [-0.3, -0.25) is 5.10 Å². The molecule has 0 radical (unpaired) electrons. The van der Waals surface area contributed by atoms with E-state index in [0.717, 1.165) is 12.1 Å². The molecular weight excluding hydrogens is 180 g/mol. The maximum Gasteiger partial charge on any atom is 0.358 e. The number of halogens is 1. The summed E-state index contributed by atoms with van der Waals surface area (Å²) in [6.07, 6.45) is 0.837. The number of aromatic nitrogens is 2. The number of H-pyrrole nitrogens is 1. The molecule has 0 unspecified atom stereocenters. The lowest BCUT2D eigenvalue weighted by molar-refractivity contribution is 0.0594. The number of hydrogen-bond acceptors (Lipinski definition) is 3. The zero-order chi connectivity index (χ0) is 8.27. The van der Waals surface area contributed by atoms with Crippen molar-refractivity contribution in [2.45, 2.75) is 13.3 Å². The molecule has 1 heterocycles. The van der Waals surface area contributed by atoms with Crippen molar-refractivity contribution in [3.8, 4) is 0 Å². The van der Waals surface area contributed by atoms with E-state index in [1.54, 1.807) is 6.07 Å².